The van der Waals surface area contributed by atoms with E-state index in [1.54, 1.807) is 0 Å². The monoisotopic (exact) mass is 255 g/mol. The number of hydrogen-bond donors (Lipinski definition) is 0. The Morgan fingerprint density at radius 2 is 2.00 bits per heavy atom. The van der Waals surface area contributed by atoms with Gasteiger partial charge in [-0.1, -0.05) is 18.2 Å². The first-order valence-electron chi connectivity index (χ1n) is 6.65. The van der Waals surface area contributed by atoms with Crippen LogP contribution in [0.2, 0.25) is 0 Å². The zero-order chi connectivity index (χ0) is 13.1. The third-order valence-electron chi connectivity index (χ3n) is 3.38. The van der Waals surface area contributed by atoms with E-state index in [-0.39, 0.29) is 0 Å². The van der Waals surface area contributed by atoms with Crippen molar-refractivity contribution in [3.63, 3.8) is 0 Å². The lowest BCUT2D eigenvalue weighted by Crippen LogP contribution is -2.35. The number of benzene rings is 1. The SMILES string of the molecule is O=C1CCCN(Cc2ccn(-c3ccccc3)n2)C1. The first-order chi connectivity index (χ1) is 9.31. The van der Waals surface area contributed by atoms with Gasteiger partial charge in [-0.3, -0.25) is 9.69 Å². The van der Waals surface area contributed by atoms with E-state index in [9.17, 15) is 4.79 Å². The summed E-state index contributed by atoms with van der Waals surface area (Å²) in [7, 11) is 0. The van der Waals surface area contributed by atoms with E-state index in [4.69, 9.17) is 0 Å². The normalized spacial score (nSPS) is 16.7. The fourth-order valence-corrected chi connectivity index (χ4v) is 2.44. The number of nitrogens with zero attached hydrogens (tertiary/aromatic N) is 3. The molecule has 19 heavy (non-hydrogen) atoms. The van der Waals surface area contributed by atoms with E-state index in [2.05, 4.69) is 10.00 Å². The minimum absolute atomic E-state index is 0.341. The second-order valence-corrected chi connectivity index (χ2v) is 4.94. The number of Topliss-reactive ketones (excluding diaryl/α,β-unsaturated/α-hetero) is 1. The third-order valence-corrected chi connectivity index (χ3v) is 3.38. The van der Waals surface area contributed by atoms with Gasteiger partial charge < -0.3 is 0 Å². The number of para-hydroxylation sites is 1. The van der Waals surface area contributed by atoms with Crippen molar-refractivity contribution in [2.75, 3.05) is 13.1 Å². The van der Waals surface area contributed by atoms with Gasteiger partial charge >= 0.3 is 0 Å². The molecule has 4 nitrogen and oxygen atoms in total. The first kappa shape index (κ1) is 12.1. The Labute approximate surface area is 112 Å². The molecule has 0 bridgehead atoms. The average Bonchev–Trinajstić information content (AvgIpc) is 2.88. The number of piperidine rings is 1. The lowest BCUT2D eigenvalue weighted by Gasteiger charge is -2.24. The van der Waals surface area contributed by atoms with Crippen molar-refractivity contribution in [1.29, 1.82) is 0 Å². The summed E-state index contributed by atoms with van der Waals surface area (Å²) in [4.78, 5) is 13.6. The van der Waals surface area contributed by atoms with E-state index in [1.165, 1.54) is 0 Å². The second-order valence-electron chi connectivity index (χ2n) is 4.94. The molecule has 1 aromatic heterocycles. The lowest BCUT2D eigenvalue weighted by atomic mass is 10.1. The van der Waals surface area contributed by atoms with E-state index in [0.717, 1.165) is 37.3 Å². The molecule has 4 heteroatoms. The van der Waals surface area contributed by atoms with Gasteiger partial charge in [-0.25, -0.2) is 4.68 Å². The first-order valence-corrected chi connectivity index (χ1v) is 6.65. The molecule has 0 saturated carbocycles. The number of carbonyl (C=O) groups is 1. The highest BCUT2D eigenvalue weighted by Gasteiger charge is 2.17. The number of carbonyl (C=O) groups excluding carboxylic acids is 1. The lowest BCUT2D eigenvalue weighted by molar-refractivity contribution is -0.122. The molecule has 0 N–H and O–H groups in total. The summed E-state index contributed by atoms with van der Waals surface area (Å²) in [6.45, 7) is 2.31. The molecule has 0 radical (unpaired) electrons. The van der Waals surface area contributed by atoms with Crippen LogP contribution in [0.3, 0.4) is 0 Å². The Bertz CT molecular complexity index is 562. The summed E-state index contributed by atoms with van der Waals surface area (Å²) in [5.41, 5.74) is 2.07. The van der Waals surface area contributed by atoms with Gasteiger partial charge in [-0.05, 0) is 31.2 Å². The van der Waals surface area contributed by atoms with Crippen molar-refractivity contribution in [1.82, 2.24) is 14.7 Å². The van der Waals surface area contributed by atoms with E-state index < -0.39 is 0 Å². The van der Waals surface area contributed by atoms with Crippen molar-refractivity contribution in [3.05, 3.63) is 48.3 Å². The molecule has 1 aliphatic heterocycles. The summed E-state index contributed by atoms with van der Waals surface area (Å²) < 4.78 is 1.88. The van der Waals surface area contributed by atoms with Crippen molar-refractivity contribution < 1.29 is 4.79 Å². The third kappa shape index (κ3) is 2.90. The van der Waals surface area contributed by atoms with E-state index >= 15 is 0 Å². The second kappa shape index (κ2) is 5.36. The molecule has 98 valence electrons. The van der Waals surface area contributed by atoms with Gasteiger partial charge in [0.25, 0.3) is 0 Å². The largest absolute Gasteiger partial charge is 0.298 e. The molecule has 1 aliphatic rings. The number of rotatable bonds is 3. The number of hydrogen-bond acceptors (Lipinski definition) is 3. The fourth-order valence-electron chi connectivity index (χ4n) is 2.44. The highest BCUT2D eigenvalue weighted by Crippen LogP contribution is 2.11. The molecule has 0 spiro atoms. The molecule has 0 amide bonds. The van der Waals surface area contributed by atoms with Crippen LogP contribution in [0.15, 0.2) is 42.6 Å². The van der Waals surface area contributed by atoms with Gasteiger partial charge in [-0.2, -0.15) is 5.10 Å². The maximum atomic E-state index is 11.4. The Hall–Kier alpha value is -1.94. The minimum atomic E-state index is 0.341. The molecular formula is C15H17N3O. The van der Waals surface area contributed by atoms with E-state index in [1.807, 2.05) is 47.3 Å². The number of ketones is 1. The predicted molar refractivity (Wildman–Crippen MR) is 73.1 cm³/mol. The molecule has 1 fully saturated rings. The Kier molecular flexibility index (Phi) is 3.42. The van der Waals surface area contributed by atoms with Crippen LogP contribution in [0, 0.1) is 0 Å². The molecule has 0 aliphatic carbocycles. The van der Waals surface area contributed by atoms with Gasteiger partial charge in [0.05, 0.1) is 17.9 Å². The van der Waals surface area contributed by atoms with Crippen LogP contribution < -0.4 is 0 Å². The van der Waals surface area contributed by atoms with Crippen LogP contribution in [-0.4, -0.2) is 33.6 Å². The quantitative estimate of drug-likeness (QED) is 0.842. The zero-order valence-corrected chi connectivity index (χ0v) is 10.8. The van der Waals surface area contributed by atoms with Crippen LogP contribution in [0.25, 0.3) is 5.69 Å². The average molecular weight is 255 g/mol. The summed E-state index contributed by atoms with van der Waals surface area (Å²) in [6.07, 6.45) is 3.67. The zero-order valence-electron chi connectivity index (χ0n) is 10.8. The van der Waals surface area contributed by atoms with E-state index in [0.29, 0.717) is 12.3 Å². The van der Waals surface area contributed by atoms with Crippen molar-refractivity contribution in [2.24, 2.45) is 0 Å². The molecule has 1 saturated heterocycles. The summed E-state index contributed by atoms with van der Waals surface area (Å²) in [5.74, 6) is 0.341. The van der Waals surface area contributed by atoms with Crippen LogP contribution in [0.5, 0.6) is 0 Å². The highest BCUT2D eigenvalue weighted by molar-refractivity contribution is 5.81. The molecule has 0 atom stereocenters. The summed E-state index contributed by atoms with van der Waals surface area (Å²) >= 11 is 0. The van der Waals surface area contributed by atoms with Crippen LogP contribution in [0.1, 0.15) is 18.5 Å². The summed E-state index contributed by atoms with van der Waals surface area (Å²) in [5, 5.41) is 4.56. The maximum Gasteiger partial charge on any atom is 0.146 e. The van der Waals surface area contributed by atoms with Crippen LogP contribution >= 0.6 is 0 Å². The fraction of sp³-hybridized carbons (Fsp3) is 0.333. The smallest absolute Gasteiger partial charge is 0.146 e. The summed E-state index contributed by atoms with van der Waals surface area (Å²) in [6, 6.07) is 12.1. The van der Waals surface area contributed by atoms with Gasteiger partial charge in [0.2, 0.25) is 0 Å². The van der Waals surface area contributed by atoms with Gasteiger partial charge in [0.15, 0.2) is 0 Å². The van der Waals surface area contributed by atoms with Crippen LogP contribution in [0.4, 0.5) is 0 Å². The number of likely N-dealkylation sites (tertiary alicyclic amines) is 1. The molecule has 3 rings (SSSR count). The molecule has 0 unspecified atom stereocenters. The highest BCUT2D eigenvalue weighted by atomic mass is 16.1. The Morgan fingerprint density at radius 3 is 2.79 bits per heavy atom. The van der Waals surface area contributed by atoms with Gasteiger partial charge in [-0.15, -0.1) is 0 Å². The minimum Gasteiger partial charge on any atom is -0.298 e. The van der Waals surface area contributed by atoms with Crippen molar-refractivity contribution in [2.45, 2.75) is 19.4 Å². The molecule has 2 aromatic rings. The number of aromatic nitrogens is 2. The van der Waals surface area contributed by atoms with Gasteiger partial charge in [0, 0.05) is 19.2 Å². The maximum absolute atomic E-state index is 11.4. The van der Waals surface area contributed by atoms with Gasteiger partial charge in [0.1, 0.15) is 5.78 Å². The topological polar surface area (TPSA) is 38.1 Å². The van der Waals surface area contributed by atoms with Crippen LogP contribution in [-0.2, 0) is 11.3 Å². The molecule has 2 heterocycles. The van der Waals surface area contributed by atoms with Crippen molar-refractivity contribution in [3.8, 4) is 5.69 Å². The predicted octanol–water partition coefficient (Wildman–Crippen LogP) is 2.04. The molecule has 1 aromatic carbocycles. The standard InChI is InChI=1S/C15H17N3O/c19-15-7-4-9-17(12-15)11-13-8-10-18(16-13)14-5-2-1-3-6-14/h1-3,5-6,8,10H,4,7,9,11-12H2. The molecular weight excluding hydrogens is 238 g/mol. The Balaban J connectivity index is 1.70. The van der Waals surface area contributed by atoms with Crippen molar-refractivity contribution >= 4 is 5.78 Å². The Morgan fingerprint density at radius 1 is 1.16 bits per heavy atom.